The quantitative estimate of drug-likeness (QED) is 0.876. The Morgan fingerprint density at radius 3 is 2.52 bits per heavy atom. The van der Waals surface area contributed by atoms with E-state index in [1.165, 1.54) is 15.6 Å². The lowest BCUT2D eigenvalue weighted by atomic mass is 10.3. The van der Waals surface area contributed by atoms with Crippen LogP contribution in [0.4, 0.5) is 5.69 Å². The summed E-state index contributed by atoms with van der Waals surface area (Å²) in [5, 5.41) is 10.8. The SMILES string of the molecule is CCn1cc(NC(=O)c2nn(C)c(C)c2Cl)c(C(N)=O)n1. The molecule has 3 N–H and O–H groups in total. The first-order valence-electron chi connectivity index (χ1n) is 6.22. The van der Waals surface area contributed by atoms with Gasteiger partial charge in [0.15, 0.2) is 11.4 Å². The largest absolute Gasteiger partial charge is 0.364 e. The molecule has 21 heavy (non-hydrogen) atoms. The molecule has 2 amide bonds. The average Bonchev–Trinajstić information content (AvgIpc) is 2.95. The first-order chi connectivity index (χ1) is 9.85. The Bertz CT molecular complexity index is 718. The van der Waals surface area contributed by atoms with Crippen molar-refractivity contribution in [2.75, 3.05) is 5.32 Å². The number of aromatic nitrogens is 4. The Hall–Kier alpha value is -2.35. The number of nitrogens with one attached hydrogen (secondary N) is 1. The summed E-state index contributed by atoms with van der Waals surface area (Å²) in [5.74, 6) is -1.25. The van der Waals surface area contributed by atoms with Crippen molar-refractivity contribution in [1.29, 1.82) is 0 Å². The van der Waals surface area contributed by atoms with Crippen molar-refractivity contribution in [3.05, 3.63) is 28.3 Å². The van der Waals surface area contributed by atoms with E-state index in [1.54, 1.807) is 14.0 Å². The molecule has 0 fully saturated rings. The summed E-state index contributed by atoms with van der Waals surface area (Å²) in [6.07, 6.45) is 1.53. The van der Waals surface area contributed by atoms with Crippen molar-refractivity contribution in [2.45, 2.75) is 20.4 Å². The zero-order valence-corrected chi connectivity index (χ0v) is 12.6. The van der Waals surface area contributed by atoms with Crippen LogP contribution in [-0.2, 0) is 13.6 Å². The molecular formula is C12H15ClN6O2. The summed E-state index contributed by atoms with van der Waals surface area (Å²) in [7, 11) is 1.68. The number of amides is 2. The summed E-state index contributed by atoms with van der Waals surface area (Å²) in [5.41, 5.74) is 6.22. The second kappa shape index (κ2) is 5.57. The van der Waals surface area contributed by atoms with Crippen LogP contribution in [0.15, 0.2) is 6.20 Å². The van der Waals surface area contributed by atoms with Crippen molar-refractivity contribution < 1.29 is 9.59 Å². The van der Waals surface area contributed by atoms with Gasteiger partial charge in [0.25, 0.3) is 11.8 Å². The highest BCUT2D eigenvalue weighted by atomic mass is 35.5. The van der Waals surface area contributed by atoms with Gasteiger partial charge in [0.05, 0.1) is 16.4 Å². The van der Waals surface area contributed by atoms with E-state index in [2.05, 4.69) is 15.5 Å². The zero-order valence-electron chi connectivity index (χ0n) is 11.8. The first-order valence-corrected chi connectivity index (χ1v) is 6.60. The molecule has 0 bridgehead atoms. The van der Waals surface area contributed by atoms with Crippen LogP contribution in [0, 0.1) is 6.92 Å². The van der Waals surface area contributed by atoms with Gasteiger partial charge in [-0.1, -0.05) is 11.6 Å². The predicted octanol–water partition coefficient (Wildman–Crippen LogP) is 0.950. The minimum Gasteiger partial charge on any atom is -0.364 e. The maximum Gasteiger partial charge on any atom is 0.277 e. The lowest BCUT2D eigenvalue weighted by molar-refractivity contribution is 0.0995. The van der Waals surface area contributed by atoms with E-state index in [9.17, 15) is 9.59 Å². The van der Waals surface area contributed by atoms with Crippen molar-refractivity contribution in [2.24, 2.45) is 12.8 Å². The van der Waals surface area contributed by atoms with Crippen LogP contribution >= 0.6 is 11.6 Å². The van der Waals surface area contributed by atoms with Crippen molar-refractivity contribution >= 4 is 29.1 Å². The molecule has 2 rings (SSSR count). The number of rotatable bonds is 4. The van der Waals surface area contributed by atoms with E-state index < -0.39 is 11.8 Å². The lowest BCUT2D eigenvalue weighted by Crippen LogP contribution is -2.18. The van der Waals surface area contributed by atoms with E-state index >= 15 is 0 Å². The molecule has 0 spiro atoms. The van der Waals surface area contributed by atoms with Crippen molar-refractivity contribution in [3.63, 3.8) is 0 Å². The molecule has 2 aromatic rings. The smallest absolute Gasteiger partial charge is 0.277 e. The van der Waals surface area contributed by atoms with Gasteiger partial charge < -0.3 is 11.1 Å². The molecule has 0 radical (unpaired) electrons. The van der Waals surface area contributed by atoms with Crippen LogP contribution in [0.1, 0.15) is 33.6 Å². The molecule has 8 nitrogen and oxygen atoms in total. The number of carbonyl (C=O) groups excluding carboxylic acids is 2. The standard InChI is InChI=1S/C12H15ClN6O2/c1-4-19-5-7(9(17-19)11(14)20)15-12(21)10-8(13)6(2)18(3)16-10/h5H,4H2,1-3H3,(H2,14,20)(H,15,21). The molecule has 2 aromatic heterocycles. The van der Waals surface area contributed by atoms with Crippen LogP contribution in [0.25, 0.3) is 0 Å². The minimum atomic E-state index is -0.721. The lowest BCUT2D eigenvalue weighted by Gasteiger charge is -2.01. The van der Waals surface area contributed by atoms with E-state index in [4.69, 9.17) is 17.3 Å². The number of anilines is 1. The monoisotopic (exact) mass is 310 g/mol. The number of hydrogen-bond acceptors (Lipinski definition) is 4. The number of nitrogens with zero attached hydrogens (tertiary/aromatic N) is 4. The molecule has 0 aromatic carbocycles. The molecule has 112 valence electrons. The van der Waals surface area contributed by atoms with E-state index in [1.807, 2.05) is 6.92 Å². The Morgan fingerprint density at radius 1 is 1.38 bits per heavy atom. The number of aryl methyl sites for hydroxylation is 2. The average molecular weight is 311 g/mol. The third-order valence-corrected chi connectivity index (χ3v) is 3.50. The number of nitrogens with two attached hydrogens (primary N) is 1. The Morgan fingerprint density at radius 2 is 2.05 bits per heavy atom. The molecule has 0 atom stereocenters. The van der Waals surface area contributed by atoms with Crippen LogP contribution < -0.4 is 11.1 Å². The number of carbonyl (C=O) groups is 2. The van der Waals surface area contributed by atoms with Gasteiger partial charge in [-0.05, 0) is 13.8 Å². The van der Waals surface area contributed by atoms with Gasteiger partial charge in [0.2, 0.25) is 0 Å². The second-order valence-corrected chi connectivity index (χ2v) is 4.82. The maximum absolute atomic E-state index is 12.2. The number of primary amides is 1. The predicted molar refractivity (Wildman–Crippen MR) is 77.3 cm³/mol. The third-order valence-electron chi connectivity index (χ3n) is 3.04. The maximum atomic E-state index is 12.2. The summed E-state index contributed by atoms with van der Waals surface area (Å²) < 4.78 is 3.00. The normalized spacial score (nSPS) is 10.7. The van der Waals surface area contributed by atoms with Gasteiger partial charge in [-0.15, -0.1) is 0 Å². The highest BCUT2D eigenvalue weighted by Crippen LogP contribution is 2.21. The van der Waals surface area contributed by atoms with Gasteiger partial charge in [0.1, 0.15) is 0 Å². The molecular weight excluding hydrogens is 296 g/mol. The molecule has 0 aliphatic rings. The van der Waals surface area contributed by atoms with Crippen molar-refractivity contribution in [1.82, 2.24) is 19.6 Å². The Kier molecular flexibility index (Phi) is 3.99. The fourth-order valence-electron chi connectivity index (χ4n) is 1.77. The first kappa shape index (κ1) is 15.0. The van der Waals surface area contributed by atoms with Crippen LogP contribution in [0.5, 0.6) is 0 Å². The van der Waals surface area contributed by atoms with Gasteiger partial charge >= 0.3 is 0 Å². The van der Waals surface area contributed by atoms with Gasteiger partial charge in [-0.3, -0.25) is 19.0 Å². The molecule has 0 unspecified atom stereocenters. The summed E-state index contributed by atoms with van der Waals surface area (Å²) in [6, 6.07) is 0. The summed E-state index contributed by atoms with van der Waals surface area (Å²) >= 11 is 6.05. The minimum absolute atomic E-state index is 0.00558. The third kappa shape index (κ3) is 2.75. The molecule has 2 heterocycles. The van der Waals surface area contributed by atoms with E-state index in [0.29, 0.717) is 12.2 Å². The fourth-order valence-corrected chi connectivity index (χ4v) is 2.01. The second-order valence-electron chi connectivity index (χ2n) is 4.44. The van der Waals surface area contributed by atoms with E-state index in [-0.39, 0.29) is 22.1 Å². The van der Waals surface area contributed by atoms with Gasteiger partial charge in [0, 0.05) is 19.8 Å². The molecule has 0 saturated heterocycles. The van der Waals surface area contributed by atoms with Crippen LogP contribution in [-0.4, -0.2) is 31.4 Å². The number of halogens is 1. The molecule has 0 saturated carbocycles. The topological polar surface area (TPSA) is 108 Å². The molecule has 9 heteroatoms. The Balaban J connectivity index is 2.33. The summed E-state index contributed by atoms with van der Waals surface area (Å²) in [6.45, 7) is 4.14. The van der Waals surface area contributed by atoms with Crippen LogP contribution in [0.3, 0.4) is 0 Å². The highest BCUT2D eigenvalue weighted by molar-refractivity contribution is 6.34. The fraction of sp³-hybridized carbons (Fsp3) is 0.333. The van der Waals surface area contributed by atoms with E-state index in [0.717, 1.165) is 0 Å². The number of hydrogen-bond donors (Lipinski definition) is 2. The van der Waals surface area contributed by atoms with Gasteiger partial charge in [-0.2, -0.15) is 10.2 Å². The highest BCUT2D eigenvalue weighted by Gasteiger charge is 2.21. The molecule has 0 aliphatic carbocycles. The van der Waals surface area contributed by atoms with Crippen LogP contribution in [0.2, 0.25) is 5.02 Å². The zero-order chi connectivity index (χ0) is 15.7. The Labute approximate surface area is 125 Å². The van der Waals surface area contributed by atoms with Crippen molar-refractivity contribution in [3.8, 4) is 0 Å². The molecule has 0 aliphatic heterocycles. The van der Waals surface area contributed by atoms with Gasteiger partial charge in [-0.25, -0.2) is 0 Å². The summed E-state index contributed by atoms with van der Waals surface area (Å²) in [4.78, 5) is 23.6.